The Morgan fingerprint density at radius 2 is 2.24 bits per heavy atom. The maximum atomic E-state index is 13.0. The van der Waals surface area contributed by atoms with E-state index < -0.39 is 11.7 Å². The molecule has 1 aliphatic rings. The van der Waals surface area contributed by atoms with Crippen LogP contribution in [0.15, 0.2) is 18.2 Å². The van der Waals surface area contributed by atoms with Crippen LogP contribution in [0, 0.1) is 5.82 Å². The molecule has 5 heteroatoms. The maximum Gasteiger partial charge on any atom is 0.255 e. The molecule has 0 saturated heterocycles. The third kappa shape index (κ3) is 2.55. The van der Waals surface area contributed by atoms with Gasteiger partial charge < -0.3 is 16.2 Å². The van der Waals surface area contributed by atoms with Gasteiger partial charge >= 0.3 is 0 Å². The molecule has 0 bridgehead atoms. The first-order valence-electron chi connectivity index (χ1n) is 5.63. The lowest BCUT2D eigenvalue weighted by molar-refractivity contribution is 0.0931. The SMILES string of the molecule is NC1CCCC1NC(=O)c1cc(F)ccc1O. The zero-order valence-corrected chi connectivity index (χ0v) is 9.32. The Labute approximate surface area is 98.6 Å². The highest BCUT2D eigenvalue weighted by Gasteiger charge is 2.26. The number of phenolic OH excluding ortho intramolecular Hbond substituents is 1. The molecule has 1 amide bonds. The summed E-state index contributed by atoms with van der Waals surface area (Å²) >= 11 is 0. The zero-order valence-electron chi connectivity index (χ0n) is 9.32. The highest BCUT2D eigenvalue weighted by atomic mass is 19.1. The van der Waals surface area contributed by atoms with Gasteiger partial charge in [0.25, 0.3) is 5.91 Å². The van der Waals surface area contributed by atoms with Gasteiger partial charge in [0.1, 0.15) is 11.6 Å². The lowest BCUT2D eigenvalue weighted by Gasteiger charge is -2.17. The van der Waals surface area contributed by atoms with E-state index >= 15 is 0 Å². The highest BCUT2D eigenvalue weighted by molar-refractivity contribution is 5.97. The van der Waals surface area contributed by atoms with Gasteiger partial charge in [-0.2, -0.15) is 0 Å². The minimum atomic E-state index is -0.552. The number of halogens is 1. The first-order valence-corrected chi connectivity index (χ1v) is 5.63. The smallest absolute Gasteiger partial charge is 0.255 e. The lowest BCUT2D eigenvalue weighted by Crippen LogP contribution is -2.44. The number of benzene rings is 1. The molecule has 1 aromatic carbocycles. The van der Waals surface area contributed by atoms with E-state index in [0.717, 1.165) is 31.4 Å². The number of phenols is 1. The van der Waals surface area contributed by atoms with Crippen molar-refractivity contribution in [2.45, 2.75) is 31.3 Å². The molecule has 0 heterocycles. The third-order valence-electron chi connectivity index (χ3n) is 3.09. The van der Waals surface area contributed by atoms with Crippen LogP contribution in [0.25, 0.3) is 0 Å². The fourth-order valence-corrected chi connectivity index (χ4v) is 2.10. The van der Waals surface area contributed by atoms with Crippen molar-refractivity contribution in [1.29, 1.82) is 0 Å². The van der Waals surface area contributed by atoms with E-state index in [4.69, 9.17) is 5.73 Å². The molecule has 1 aliphatic carbocycles. The van der Waals surface area contributed by atoms with Crippen LogP contribution in [0.4, 0.5) is 4.39 Å². The van der Waals surface area contributed by atoms with Crippen LogP contribution in [0.5, 0.6) is 5.75 Å². The van der Waals surface area contributed by atoms with Crippen molar-refractivity contribution in [2.24, 2.45) is 5.73 Å². The number of carbonyl (C=O) groups excluding carboxylic acids is 1. The normalized spacial score (nSPS) is 23.6. The molecule has 1 aromatic rings. The first kappa shape index (κ1) is 11.9. The molecule has 2 unspecified atom stereocenters. The Morgan fingerprint density at radius 3 is 2.88 bits per heavy atom. The van der Waals surface area contributed by atoms with Gasteiger partial charge in [0.15, 0.2) is 0 Å². The minimum Gasteiger partial charge on any atom is -0.507 e. The number of carbonyl (C=O) groups is 1. The van der Waals surface area contributed by atoms with Crippen LogP contribution in [-0.4, -0.2) is 23.1 Å². The Bertz CT molecular complexity index is 437. The van der Waals surface area contributed by atoms with Gasteiger partial charge in [-0.3, -0.25) is 4.79 Å². The van der Waals surface area contributed by atoms with Gasteiger partial charge in [-0.15, -0.1) is 0 Å². The number of nitrogens with one attached hydrogen (secondary N) is 1. The van der Waals surface area contributed by atoms with E-state index in [1.807, 2.05) is 0 Å². The molecular formula is C12H15FN2O2. The predicted molar refractivity (Wildman–Crippen MR) is 61.1 cm³/mol. The number of rotatable bonds is 2. The third-order valence-corrected chi connectivity index (χ3v) is 3.09. The molecule has 4 nitrogen and oxygen atoms in total. The summed E-state index contributed by atoms with van der Waals surface area (Å²) in [6, 6.07) is 3.14. The van der Waals surface area contributed by atoms with E-state index in [9.17, 15) is 14.3 Å². The standard InChI is InChI=1S/C12H15FN2O2/c13-7-4-5-11(16)8(6-7)12(17)15-10-3-1-2-9(10)14/h4-6,9-10,16H,1-3,14H2,(H,15,17). The fraction of sp³-hybridized carbons (Fsp3) is 0.417. The lowest BCUT2D eigenvalue weighted by atomic mass is 10.1. The first-order chi connectivity index (χ1) is 8.08. The molecule has 0 spiro atoms. The molecule has 0 aromatic heterocycles. The number of hydrogen-bond acceptors (Lipinski definition) is 3. The summed E-state index contributed by atoms with van der Waals surface area (Å²) < 4.78 is 13.0. The number of hydrogen-bond donors (Lipinski definition) is 3. The summed E-state index contributed by atoms with van der Waals surface area (Å²) in [6.07, 6.45) is 2.67. The van der Waals surface area contributed by atoms with Crippen molar-refractivity contribution in [1.82, 2.24) is 5.32 Å². The van der Waals surface area contributed by atoms with Crippen molar-refractivity contribution >= 4 is 5.91 Å². The average Bonchev–Trinajstić information content (AvgIpc) is 2.68. The molecule has 1 saturated carbocycles. The van der Waals surface area contributed by atoms with Crippen LogP contribution in [0.2, 0.25) is 0 Å². The van der Waals surface area contributed by atoms with Crippen molar-refractivity contribution in [3.05, 3.63) is 29.6 Å². The topological polar surface area (TPSA) is 75.3 Å². The summed E-state index contributed by atoms with van der Waals surface area (Å²) in [6.45, 7) is 0. The summed E-state index contributed by atoms with van der Waals surface area (Å²) in [4.78, 5) is 11.8. The van der Waals surface area contributed by atoms with E-state index in [-0.39, 0.29) is 23.4 Å². The quantitative estimate of drug-likeness (QED) is 0.723. The number of nitrogens with two attached hydrogens (primary N) is 1. The second-order valence-corrected chi connectivity index (χ2v) is 4.34. The van der Waals surface area contributed by atoms with Gasteiger partial charge in [-0.25, -0.2) is 4.39 Å². The second-order valence-electron chi connectivity index (χ2n) is 4.34. The van der Waals surface area contributed by atoms with Gasteiger partial charge in [-0.1, -0.05) is 0 Å². The average molecular weight is 238 g/mol. The van der Waals surface area contributed by atoms with Crippen LogP contribution in [0.1, 0.15) is 29.6 Å². The maximum absolute atomic E-state index is 13.0. The van der Waals surface area contributed by atoms with Gasteiger partial charge in [0, 0.05) is 12.1 Å². The molecule has 0 aliphatic heterocycles. The van der Waals surface area contributed by atoms with Crippen molar-refractivity contribution in [3.8, 4) is 5.75 Å². The van der Waals surface area contributed by atoms with E-state index in [0.29, 0.717) is 0 Å². The zero-order chi connectivity index (χ0) is 12.4. The predicted octanol–water partition coefficient (Wildman–Crippen LogP) is 1.14. The number of amides is 1. The van der Waals surface area contributed by atoms with Gasteiger partial charge in [0.2, 0.25) is 0 Å². The van der Waals surface area contributed by atoms with Crippen LogP contribution in [0.3, 0.4) is 0 Å². The van der Waals surface area contributed by atoms with Crippen LogP contribution in [-0.2, 0) is 0 Å². The number of aromatic hydroxyl groups is 1. The molecule has 2 rings (SSSR count). The molecule has 4 N–H and O–H groups in total. The minimum absolute atomic E-state index is 0.0518. The van der Waals surface area contributed by atoms with E-state index in [1.165, 1.54) is 6.07 Å². The fourth-order valence-electron chi connectivity index (χ4n) is 2.10. The van der Waals surface area contributed by atoms with Crippen molar-refractivity contribution in [2.75, 3.05) is 0 Å². The van der Waals surface area contributed by atoms with Crippen LogP contribution >= 0.6 is 0 Å². The highest BCUT2D eigenvalue weighted by Crippen LogP contribution is 2.21. The van der Waals surface area contributed by atoms with Gasteiger partial charge in [0.05, 0.1) is 5.56 Å². The van der Waals surface area contributed by atoms with Crippen LogP contribution < -0.4 is 11.1 Å². The molecule has 92 valence electrons. The molecular weight excluding hydrogens is 223 g/mol. The Morgan fingerprint density at radius 1 is 1.47 bits per heavy atom. The Kier molecular flexibility index (Phi) is 3.28. The summed E-state index contributed by atoms with van der Waals surface area (Å²) in [5, 5.41) is 12.2. The molecule has 17 heavy (non-hydrogen) atoms. The Hall–Kier alpha value is -1.62. The summed E-state index contributed by atoms with van der Waals surface area (Å²) in [5.74, 6) is -1.26. The summed E-state index contributed by atoms with van der Waals surface area (Å²) in [5.41, 5.74) is 5.77. The van der Waals surface area contributed by atoms with E-state index in [2.05, 4.69) is 5.32 Å². The second kappa shape index (κ2) is 4.71. The van der Waals surface area contributed by atoms with E-state index in [1.54, 1.807) is 0 Å². The van der Waals surface area contributed by atoms with Crippen molar-refractivity contribution < 1.29 is 14.3 Å². The molecule has 0 radical (unpaired) electrons. The summed E-state index contributed by atoms with van der Waals surface area (Å²) in [7, 11) is 0. The van der Waals surface area contributed by atoms with Gasteiger partial charge in [-0.05, 0) is 37.5 Å². The van der Waals surface area contributed by atoms with Crippen molar-refractivity contribution in [3.63, 3.8) is 0 Å². The molecule has 2 atom stereocenters. The Balaban J connectivity index is 2.11. The monoisotopic (exact) mass is 238 g/mol. The molecule has 1 fully saturated rings. The largest absolute Gasteiger partial charge is 0.507 e.